The van der Waals surface area contributed by atoms with Gasteiger partial charge in [-0.15, -0.1) is 0 Å². The lowest BCUT2D eigenvalue weighted by Gasteiger charge is -2.56. The van der Waals surface area contributed by atoms with E-state index < -0.39 is 5.97 Å². The van der Waals surface area contributed by atoms with Crippen LogP contribution in [0.15, 0.2) is 54.9 Å². The van der Waals surface area contributed by atoms with Crippen LogP contribution in [-0.2, 0) is 24.2 Å². The molecule has 2 aliphatic carbocycles. The average Bonchev–Trinajstić information content (AvgIpc) is 3.65. The van der Waals surface area contributed by atoms with Crippen molar-refractivity contribution in [1.29, 1.82) is 0 Å². The molecule has 48 heavy (non-hydrogen) atoms. The molecule has 12 heteroatoms. The van der Waals surface area contributed by atoms with Gasteiger partial charge >= 0.3 is 5.97 Å². The van der Waals surface area contributed by atoms with Crippen molar-refractivity contribution in [2.24, 2.45) is 11.8 Å². The van der Waals surface area contributed by atoms with Gasteiger partial charge in [0.15, 0.2) is 10.8 Å². The van der Waals surface area contributed by atoms with Gasteiger partial charge in [-0.25, -0.2) is 19.7 Å². The molecule has 0 radical (unpaired) electrons. The fourth-order valence-corrected chi connectivity index (χ4v) is 9.61. The van der Waals surface area contributed by atoms with E-state index in [9.17, 15) is 14.7 Å². The zero-order valence-corrected chi connectivity index (χ0v) is 27.4. The van der Waals surface area contributed by atoms with Crippen LogP contribution in [-0.4, -0.2) is 60.0 Å². The van der Waals surface area contributed by atoms with E-state index in [0.29, 0.717) is 54.2 Å². The number of carbonyl (C=O) groups is 2. The molecule has 2 saturated heterocycles. The number of thiazole rings is 1. The number of aromatic nitrogens is 5. The third-order valence-electron chi connectivity index (χ3n) is 10.7. The summed E-state index contributed by atoms with van der Waals surface area (Å²) in [5.41, 5.74) is 5.33. The third kappa shape index (κ3) is 5.05. The number of aromatic carboxylic acids is 1. The second-order valence-corrected chi connectivity index (χ2v) is 14.8. The van der Waals surface area contributed by atoms with Gasteiger partial charge in [0.1, 0.15) is 16.2 Å². The van der Waals surface area contributed by atoms with Crippen molar-refractivity contribution >= 4 is 44.5 Å². The monoisotopic (exact) mass is 661 g/mol. The Labute approximate surface area is 281 Å². The highest BCUT2D eigenvalue weighted by atomic mass is 32.1. The lowest BCUT2D eigenvalue weighted by Crippen LogP contribution is -2.56. The van der Waals surface area contributed by atoms with Crippen molar-refractivity contribution < 1.29 is 19.4 Å². The van der Waals surface area contributed by atoms with Crippen LogP contribution in [0.25, 0.3) is 21.5 Å². The Kier molecular flexibility index (Phi) is 6.87. The molecule has 2 unspecified atom stereocenters. The van der Waals surface area contributed by atoms with Crippen molar-refractivity contribution in [3.05, 3.63) is 82.9 Å². The largest absolute Gasteiger partial charge is 0.476 e. The number of nitrogens with zero attached hydrogens (tertiary/aromatic N) is 6. The van der Waals surface area contributed by atoms with Crippen LogP contribution >= 0.6 is 11.3 Å². The topological polar surface area (TPSA) is 135 Å². The van der Waals surface area contributed by atoms with Gasteiger partial charge in [0.25, 0.3) is 5.91 Å². The zero-order valence-electron chi connectivity index (χ0n) is 26.6. The second-order valence-electron chi connectivity index (χ2n) is 13.9. The van der Waals surface area contributed by atoms with E-state index in [0.717, 1.165) is 57.4 Å². The van der Waals surface area contributed by atoms with E-state index in [4.69, 9.17) is 14.8 Å². The summed E-state index contributed by atoms with van der Waals surface area (Å²) >= 11 is 1.33. The molecule has 2 N–H and O–H groups in total. The minimum atomic E-state index is -1.09. The maximum Gasteiger partial charge on any atom is 0.355 e. The molecule has 4 fully saturated rings. The maximum atomic E-state index is 13.5. The van der Waals surface area contributed by atoms with Gasteiger partial charge < -0.3 is 14.7 Å². The summed E-state index contributed by atoms with van der Waals surface area (Å²) in [5.74, 6) is 0.705. The number of pyridine rings is 2. The highest BCUT2D eigenvalue weighted by Gasteiger charge is 2.52. The Balaban J connectivity index is 0.970. The van der Waals surface area contributed by atoms with Crippen LogP contribution in [0, 0.1) is 18.8 Å². The average molecular weight is 662 g/mol. The SMILES string of the molecule is Cc1c(-c2ccc(N3CCc4cccc(C(=O)Nc5nc6cccnc6s5)c4C3)nc2C(=O)O)cnn1CC12CC3CC(CC(C3)O1)C2. The number of hydrogen-bond acceptors (Lipinski definition) is 9. The van der Waals surface area contributed by atoms with Crippen molar-refractivity contribution in [3.8, 4) is 11.1 Å². The van der Waals surface area contributed by atoms with Crippen LogP contribution in [0.3, 0.4) is 0 Å². The van der Waals surface area contributed by atoms with Gasteiger partial charge in [0.2, 0.25) is 0 Å². The Hall–Kier alpha value is -4.68. The van der Waals surface area contributed by atoms with Gasteiger partial charge in [0, 0.05) is 41.7 Å². The third-order valence-corrected chi connectivity index (χ3v) is 11.6. The molecule has 10 rings (SSSR count). The molecule has 2 atom stereocenters. The lowest BCUT2D eigenvalue weighted by atomic mass is 9.62. The van der Waals surface area contributed by atoms with E-state index in [1.807, 2.05) is 59.0 Å². The summed E-state index contributed by atoms with van der Waals surface area (Å²) in [6, 6.07) is 13.2. The van der Waals surface area contributed by atoms with Crippen LogP contribution in [0.4, 0.5) is 10.9 Å². The number of carbonyl (C=O) groups excluding carboxylic acids is 1. The van der Waals surface area contributed by atoms with E-state index in [1.54, 1.807) is 12.4 Å². The van der Waals surface area contributed by atoms with Gasteiger partial charge in [-0.3, -0.25) is 14.8 Å². The molecule has 5 aromatic rings. The standard InChI is InChI=1S/C36H35N7O4S/c1-20-27(17-38-43(20)19-36-15-21-12-22(16-36)14-24(13-21)47-36)25-7-8-30(40-31(25)34(45)46)42-11-9-23-4-2-5-26(28(23)18-42)32(44)41-35-39-29-6-3-10-37-33(29)48-35/h2-8,10,17,21-22,24H,9,11-16,18-19H2,1H3,(H,45,46)(H,39,41,44). The van der Waals surface area contributed by atoms with Crippen molar-refractivity contribution in [2.75, 3.05) is 16.8 Å². The number of benzene rings is 1. The molecule has 244 valence electrons. The summed E-state index contributed by atoms with van der Waals surface area (Å²) < 4.78 is 8.62. The van der Waals surface area contributed by atoms with Gasteiger partial charge in [0.05, 0.1) is 24.4 Å². The minimum Gasteiger partial charge on any atom is -0.476 e. The first kappa shape index (κ1) is 29.5. The van der Waals surface area contributed by atoms with E-state index in [1.165, 1.54) is 30.6 Å². The quantitative estimate of drug-likeness (QED) is 0.212. The van der Waals surface area contributed by atoms with Crippen LogP contribution in [0.1, 0.15) is 69.8 Å². The summed E-state index contributed by atoms with van der Waals surface area (Å²) in [6.07, 6.45) is 10.4. The van der Waals surface area contributed by atoms with Crippen molar-refractivity contribution in [2.45, 2.75) is 70.2 Å². The first-order valence-electron chi connectivity index (χ1n) is 16.6. The van der Waals surface area contributed by atoms with Crippen molar-refractivity contribution in [1.82, 2.24) is 24.7 Å². The van der Waals surface area contributed by atoms with Crippen molar-refractivity contribution in [3.63, 3.8) is 0 Å². The normalized spacial score (nSPS) is 24.2. The van der Waals surface area contributed by atoms with Crippen LogP contribution in [0.2, 0.25) is 0 Å². The summed E-state index contributed by atoms with van der Waals surface area (Å²) in [7, 11) is 0. The summed E-state index contributed by atoms with van der Waals surface area (Å²) in [6.45, 7) is 3.76. The zero-order chi connectivity index (χ0) is 32.6. The van der Waals surface area contributed by atoms with Crippen LogP contribution < -0.4 is 10.2 Å². The van der Waals surface area contributed by atoms with E-state index in [2.05, 4.69) is 15.3 Å². The molecule has 5 aliphatic rings. The fraction of sp³-hybridized carbons (Fsp3) is 0.389. The molecule has 2 saturated carbocycles. The van der Waals surface area contributed by atoms with Gasteiger partial charge in [-0.05, 0) is 98.7 Å². The smallest absolute Gasteiger partial charge is 0.355 e. The number of hydrogen-bond donors (Lipinski definition) is 2. The molecule has 3 aliphatic heterocycles. The molecule has 0 spiro atoms. The number of fused-ring (bicyclic) bond motifs is 2. The predicted molar refractivity (Wildman–Crippen MR) is 181 cm³/mol. The number of carboxylic acids is 1. The van der Waals surface area contributed by atoms with Gasteiger partial charge in [-0.1, -0.05) is 23.5 Å². The maximum absolute atomic E-state index is 13.5. The highest BCUT2D eigenvalue weighted by Crippen LogP contribution is 2.53. The van der Waals surface area contributed by atoms with E-state index >= 15 is 0 Å². The first-order chi connectivity index (χ1) is 23.3. The lowest BCUT2D eigenvalue weighted by molar-refractivity contribution is -0.226. The number of ether oxygens (including phenoxy) is 1. The molecule has 7 heterocycles. The Morgan fingerprint density at radius 1 is 1.06 bits per heavy atom. The van der Waals surface area contributed by atoms with Crippen LogP contribution in [0.5, 0.6) is 0 Å². The summed E-state index contributed by atoms with van der Waals surface area (Å²) in [4.78, 5) is 42.5. The molecule has 11 nitrogen and oxygen atoms in total. The molecular formula is C36H35N7O4S. The fourth-order valence-electron chi connectivity index (χ4n) is 8.81. The minimum absolute atomic E-state index is 0.0116. The Morgan fingerprint density at radius 3 is 2.71 bits per heavy atom. The molecule has 4 aromatic heterocycles. The Bertz CT molecular complexity index is 2040. The van der Waals surface area contributed by atoms with Gasteiger partial charge in [-0.2, -0.15) is 5.10 Å². The molecule has 1 amide bonds. The number of rotatable bonds is 7. The molecular weight excluding hydrogens is 627 g/mol. The highest BCUT2D eigenvalue weighted by molar-refractivity contribution is 7.21. The number of amides is 1. The number of carboxylic acid groups (broad SMARTS) is 1. The second kappa shape index (κ2) is 11.2. The first-order valence-corrected chi connectivity index (χ1v) is 17.5. The predicted octanol–water partition coefficient (Wildman–Crippen LogP) is 6.12. The molecule has 1 aromatic carbocycles. The van der Waals surface area contributed by atoms with E-state index in [-0.39, 0.29) is 17.2 Å². The molecule has 4 bridgehead atoms. The number of anilines is 2. The summed E-state index contributed by atoms with van der Waals surface area (Å²) in [5, 5.41) is 18.5. The Morgan fingerprint density at radius 2 is 1.92 bits per heavy atom. The number of nitrogens with one attached hydrogen (secondary N) is 1.